The minimum absolute atomic E-state index is 0.0685. The van der Waals surface area contributed by atoms with E-state index in [1.54, 1.807) is 0 Å². The van der Waals surface area contributed by atoms with Gasteiger partial charge < -0.3 is 20.4 Å². The zero-order valence-electron chi connectivity index (χ0n) is 31.6. The summed E-state index contributed by atoms with van der Waals surface area (Å²) in [6, 6.07) is 4.10. The Morgan fingerprint density at radius 1 is 1.22 bits per heavy atom. The molecule has 1 saturated heterocycles. The summed E-state index contributed by atoms with van der Waals surface area (Å²) < 4.78 is 41.5. The van der Waals surface area contributed by atoms with Crippen LogP contribution in [0.4, 0.5) is 0 Å². The number of carbonyl (C=O) groups excluding carboxylic acids is 2. The molecular formula is C37H48N6O9S2. The lowest BCUT2D eigenvalue weighted by Crippen LogP contribution is -2.63. The monoisotopic (exact) mass is 784 g/mol. The van der Waals surface area contributed by atoms with Gasteiger partial charge in [-0.1, -0.05) is 54.8 Å². The van der Waals surface area contributed by atoms with Crippen molar-refractivity contribution in [3.63, 3.8) is 0 Å². The number of thioether (sulfide) groups is 1. The molecule has 0 saturated carbocycles. The van der Waals surface area contributed by atoms with E-state index >= 15 is 0 Å². The van der Waals surface area contributed by atoms with Crippen LogP contribution in [0.25, 0.3) is 0 Å². The number of aliphatic imine (C=N–C) groups is 3. The fourth-order valence-electron chi connectivity index (χ4n) is 6.25. The van der Waals surface area contributed by atoms with Crippen molar-refractivity contribution in [1.82, 2.24) is 4.31 Å². The third-order valence-electron chi connectivity index (χ3n) is 9.21. The number of carbonyl (C=O) groups is 3. The van der Waals surface area contributed by atoms with Crippen molar-refractivity contribution in [1.29, 1.82) is 0 Å². The number of carboxylic acid groups (broad SMARTS) is 1. The number of aliphatic carboxylic acids is 1. The van der Waals surface area contributed by atoms with Crippen molar-refractivity contribution in [3.8, 4) is 5.75 Å². The Balaban J connectivity index is 1.76. The minimum Gasteiger partial charge on any atom is -0.478 e. The number of oxime groups is 1. The molecule has 3 aliphatic rings. The van der Waals surface area contributed by atoms with Gasteiger partial charge in [-0.2, -0.15) is 12.7 Å². The topological polar surface area (TPSA) is 223 Å². The van der Waals surface area contributed by atoms with Crippen molar-refractivity contribution in [2.24, 2.45) is 31.8 Å². The van der Waals surface area contributed by atoms with E-state index in [9.17, 15) is 32.5 Å². The Morgan fingerprint density at radius 2 is 1.93 bits per heavy atom. The molecule has 1 aliphatic carbocycles. The van der Waals surface area contributed by atoms with Gasteiger partial charge in [0.15, 0.2) is 11.1 Å². The van der Waals surface area contributed by atoms with Crippen LogP contribution < -0.4 is 10.5 Å². The van der Waals surface area contributed by atoms with Gasteiger partial charge >= 0.3 is 22.2 Å². The Hall–Kier alpha value is -4.61. The van der Waals surface area contributed by atoms with E-state index in [0.29, 0.717) is 17.5 Å². The molecule has 4 rings (SSSR count). The summed E-state index contributed by atoms with van der Waals surface area (Å²) in [6.07, 6.45) is 9.50. The maximum Gasteiger partial charge on any atom is 0.363 e. The highest BCUT2D eigenvalue weighted by Crippen LogP contribution is 2.45. The SMILES string of the molecule is C=C(C)[C@@H]1CCC(C)=C[C@H]1c1c(C)cc(CCCCC)cc1OC(=NC)SC1C(=NC(=O)/C(=N\OC(C)(C)C(=O)O)C2=CCC(N)=N2)C(=O)N1S(=O)(=O)O. The van der Waals surface area contributed by atoms with Crippen LogP contribution in [0.15, 0.2) is 67.8 Å². The molecule has 2 aliphatic heterocycles. The Morgan fingerprint density at radius 3 is 2.50 bits per heavy atom. The van der Waals surface area contributed by atoms with Crippen LogP contribution in [0.2, 0.25) is 0 Å². The number of nitrogens with zero attached hydrogens (tertiary/aromatic N) is 5. The number of hydrogen-bond donors (Lipinski definition) is 3. The molecule has 1 fully saturated rings. The van der Waals surface area contributed by atoms with Gasteiger partial charge in [-0.25, -0.2) is 19.8 Å². The first-order chi connectivity index (χ1) is 25.3. The standard InChI is InChI=1S/C37H48N6O9S2/c1-9-10-11-12-23-18-22(5)29(25-17-21(4)13-14-24(25)20(2)3)27(19-23)51-36(39-8)53-34-31(33(45)43(34)54(48,49)50)41-32(44)30(26-15-16-28(38)40-26)42-52-37(6,7)35(46)47/h15,17-19,24-25,34H,2,9-14,16H2,1,3-8H3,(H2,38,40)(H,46,47)(H,48,49,50)/b39-36?,41-31?,42-30-/t24-,25+,34?/m0/s1. The summed E-state index contributed by atoms with van der Waals surface area (Å²) in [7, 11) is -3.72. The number of aryl methyl sites for hydroxylation is 2. The number of nitrogens with two attached hydrogens (primary N) is 1. The summed E-state index contributed by atoms with van der Waals surface area (Å²) in [4.78, 5) is 55.7. The van der Waals surface area contributed by atoms with Gasteiger partial charge in [0.05, 0.1) is 5.70 Å². The lowest BCUT2D eigenvalue weighted by atomic mass is 9.73. The summed E-state index contributed by atoms with van der Waals surface area (Å²) in [5.74, 6) is -3.19. The molecule has 4 N–H and O–H groups in total. The summed E-state index contributed by atoms with van der Waals surface area (Å²) in [5.41, 5.74) is 7.88. The van der Waals surface area contributed by atoms with Gasteiger partial charge in [0.2, 0.25) is 5.60 Å². The van der Waals surface area contributed by atoms with Crippen LogP contribution in [0.5, 0.6) is 5.75 Å². The van der Waals surface area contributed by atoms with E-state index in [-0.39, 0.29) is 39.3 Å². The predicted molar refractivity (Wildman–Crippen MR) is 209 cm³/mol. The van der Waals surface area contributed by atoms with Crippen molar-refractivity contribution >= 4 is 62.3 Å². The third kappa shape index (κ3) is 9.73. The lowest BCUT2D eigenvalue weighted by molar-refractivity contribution is -0.161. The van der Waals surface area contributed by atoms with Crippen molar-refractivity contribution in [3.05, 3.63) is 64.4 Å². The number of β-lactam (4-membered cyclic amide) rings is 1. The number of hydrogen-bond acceptors (Lipinski definition) is 12. The first-order valence-corrected chi connectivity index (χ1v) is 19.8. The van der Waals surface area contributed by atoms with Crippen LogP contribution in [0.3, 0.4) is 0 Å². The van der Waals surface area contributed by atoms with Crippen LogP contribution in [0, 0.1) is 12.8 Å². The number of amidine groups is 1. The molecule has 17 heteroatoms. The Kier molecular flexibility index (Phi) is 13.5. The van der Waals surface area contributed by atoms with Crippen LogP contribution in [-0.4, -0.2) is 80.7 Å². The molecule has 2 amide bonds. The van der Waals surface area contributed by atoms with E-state index in [0.717, 1.165) is 60.8 Å². The highest BCUT2D eigenvalue weighted by Gasteiger charge is 2.53. The molecule has 0 aromatic heterocycles. The molecule has 292 valence electrons. The molecule has 1 aromatic carbocycles. The Labute approximate surface area is 320 Å². The van der Waals surface area contributed by atoms with Crippen LogP contribution in [0.1, 0.15) is 95.8 Å². The first kappa shape index (κ1) is 42.1. The summed E-state index contributed by atoms with van der Waals surface area (Å²) in [5, 5.41) is 11.5. The zero-order valence-corrected chi connectivity index (χ0v) is 33.2. The van der Waals surface area contributed by atoms with Gasteiger partial charge in [0.1, 0.15) is 17.3 Å². The number of allylic oxidation sites excluding steroid dienone is 3. The number of ether oxygens (including phenoxy) is 1. The summed E-state index contributed by atoms with van der Waals surface area (Å²) in [6.45, 7) is 14.9. The highest BCUT2D eigenvalue weighted by atomic mass is 32.2. The number of rotatable bonds is 14. The quantitative estimate of drug-likeness (QED) is 0.0397. The normalized spacial score (nSPS) is 21.7. The van der Waals surface area contributed by atoms with Crippen molar-refractivity contribution in [2.75, 3.05) is 7.05 Å². The van der Waals surface area contributed by atoms with Gasteiger partial charge in [-0.3, -0.25) is 14.1 Å². The largest absolute Gasteiger partial charge is 0.478 e. The van der Waals surface area contributed by atoms with Gasteiger partial charge in [-0.05, 0) is 101 Å². The molecule has 15 nitrogen and oxygen atoms in total. The molecule has 1 aromatic rings. The number of carboxylic acids is 1. The number of benzene rings is 1. The molecule has 3 atom stereocenters. The van der Waals surface area contributed by atoms with E-state index in [1.165, 1.54) is 32.5 Å². The lowest BCUT2D eigenvalue weighted by Gasteiger charge is -2.37. The van der Waals surface area contributed by atoms with E-state index in [4.69, 9.17) is 15.3 Å². The molecule has 0 radical (unpaired) electrons. The number of unbranched alkanes of at least 4 members (excludes halogenated alkanes) is 2. The van der Waals surface area contributed by atoms with Gasteiger partial charge in [0.25, 0.3) is 11.1 Å². The van der Waals surface area contributed by atoms with E-state index in [1.807, 2.05) is 19.9 Å². The average molecular weight is 785 g/mol. The van der Waals surface area contributed by atoms with Gasteiger partial charge in [-0.15, -0.1) is 0 Å². The predicted octanol–water partition coefficient (Wildman–Crippen LogP) is 5.66. The second-order valence-electron chi connectivity index (χ2n) is 14.0. The third-order valence-corrected chi connectivity index (χ3v) is 11.3. The fourth-order valence-corrected chi connectivity index (χ4v) is 8.24. The molecule has 54 heavy (non-hydrogen) atoms. The van der Waals surface area contributed by atoms with E-state index in [2.05, 4.69) is 52.7 Å². The zero-order chi connectivity index (χ0) is 40.1. The van der Waals surface area contributed by atoms with E-state index < -0.39 is 50.5 Å². The molecule has 2 heterocycles. The van der Waals surface area contributed by atoms with Crippen LogP contribution >= 0.6 is 11.8 Å². The number of amides is 2. The molecular weight excluding hydrogens is 737 g/mol. The second-order valence-corrected chi connectivity index (χ2v) is 16.3. The maximum atomic E-state index is 13.6. The molecule has 0 spiro atoms. The van der Waals surface area contributed by atoms with Gasteiger partial charge in [0, 0.05) is 24.9 Å². The smallest absolute Gasteiger partial charge is 0.363 e. The molecule has 1 unspecified atom stereocenters. The maximum absolute atomic E-state index is 13.6. The molecule has 0 bridgehead atoms. The summed E-state index contributed by atoms with van der Waals surface area (Å²) >= 11 is 0.644. The fraction of sp³-hybridized carbons (Fsp3) is 0.486. The van der Waals surface area contributed by atoms with Crippen molar-refractivity contribution < 1.29 is 42.0 Å². The highest BCUT2D eigenvalue weighted by molar-refractivity contribution is 8.15. The van der Waals surface area contributed by atoms with Crippen molar-refractivity contribution in [2.45, 2.75) is 103 Å². The average Bonchev–Trinajstić information content (AvgIpc) is 3.51. The van der Waals surface area contributed by atoms with Crippen LogP contribution in [-0.2, 0) is 35.9 Å². The minimum atomic E-state index is -5.14. The first-order valence-electron chi connectivity index (χ1n) is 17.5. The second kappa shape index (κ2) is 17.2. The Bertz CT molecular complexity index is 2010.